The molecule has 2 aromatic carbocycles. The molecule has 1 N–H and O–H groups in total. The van der Waals surface area contributed by atoms with Gasteiger partial charge in [-0.1, -0.05) is 24.3 Å². The van der Waals surface area contributed by atoms with E-state index in [1.807, 2.05) is 43.4 Å². The molecule has 4 rings (SSSR count). The number of urea groups is 1. The van der Waals surface area contributed by atoms with E-state index in [0.717, 1.165) is 37.2 Å². The van der Waals surface area contributed by atoms with E-state index in [4.69, 9.17) is 0 Å². The molecular formula is C21H23N3O2. The molecule has 0 saturated carbocycles. The summed E-state index contributed by atoms with van der Waals surface area (Å²) in [5, 5.41) is 2.96. The predicted molar refractivity (Wildman–Crippen MR) is 102 cm³/mol. The molecule has 1 fully saturated rings. The third kappa shape index (κ3) is 3.17. The van der Waals surface area contributed by atoms with Crippen LogP contribution in [0.3, 0.4) is 0 Å². The fourth-order valence-electron chi connectivity index (χ4n) is 3.83. The van der Waals surface area contributed by atoms with Gasteiger partial charge in [-0.3, -0.25) is 4.79 Å². The number of likely N-dealkylation sites (N-methyl/N-ethyl adjacent to an activating group) is 1. The van der Waals surface area contributed by atoms with Crippen molar-refractivity contribution in [3.8, 4) is 0 Å². The van der Waals surface area contributed by atoms with Crippen molar-refractivity contribution in [1.82, 2.24) is 4.90 Å². The minimum Gasteiger partial charge on any atom is -0.324 e. The number of amides is 3. The SMILES string of the molecule is CN(C(=O)Nc1ccc(N2CCCC2=O)cc1)C1Cc2ccccc2C1. The number of carbonyl (C=O) groups is 2. The Morgan fingerprint density at radius 1 is 1.08 bits per heavy atom. The molecule has 26 heavy (non-hydrogen) atoms. The van der Waals surface area contributed by atoms with E-state index in [0.29, 0.717) is 6.42 Å². The number of benzene rings is 2. The van der Waals surface area contributed by atoms with Crippen LogP contribution in [0.15, 0.2) is 48.5 Å². The van der Waals surface area contributed by atoms with E-state index >= 15 is 0 Å². The van der Waals surface area contributed by atoms with Crippen molar-refractivity contribution in [2.75, 3.05) is 23.8 Å². The molecule has 2 aromatic rings. The molecule has 0 atom stereocenters. The highest BCUT2D eigenvalue weighted by molar-refractivity contribution is 5.96. The maximum absolute atomic E-state index is 12.6. The van der Waals surface area contributed by atoms with Crippen LogP contribution in [-0.2, 0) is 17.6 Å². The summed E-state index contributed by atoms with van der Waals surface area (Å²) in [7, 11) is 1.85. The third-order valence-corrected chi connectivity index (χ3v) is 5.40. The zero-order valence-corrected chi connectivity index (χ0v) is 14.9. The average molecular weight is 349 g/mol. The Kier molecular flexibility index (Phi) is 4.37. The van der Waals surface area contributed by atoms with Gasteiger partial charge in [-0.2, -0.15) is 0 Å². The molecule has 1 aliphatic carbocycles. The quantitative estimate of drug-likeness (QED) is 0.923. The van der Waals surface area contributed by atoms with Gasteiger partial charge in [0, 0.05) is 37.4 Å². The Balaban J connectivity index is 1.38. The maximum Gasteiger partial charge on any atom is 0.321 e. The van der Waals surface area contributed by atoms with Gasteiger partial charge >= 0.3 is 6.03 Å². The van der Waals surface area contributed by atoms with Gasteiger partial charge in [-0.25, -0.2) is 4.79 Å². The molecule has 0 unspecified atom stereocenters. The molecule has 0 bridgehead atoms. The van der Waals surface area contributed by atoms with Crippen LogP contribution in [0.25, 0.3) is 0 Å². The van der Waals surface area contributed by atoms with Crippen molar-refractivity contribution in [2.45, 2.75) is 31.7 Å². The maximum atomic E-state index is 12.6. The molecule has 5 heteroatoms. The first-order chi connectivity index (χ1) is 12.6. The summed E-state index contributed by atoms with van der Waals surface area (Å²) in [6.07, 6.45) is 3.32. The Morgan fingerprint density at radius 3 is 2.31 bits per heavy atom. The second-order valence-corrected chi connectivity index (χ2v) is 7.07. The van der Waals surface area contributed by atoms with Crippen LogP contribution in [0.5, 0.6) is 0 Å². The molecule has 0 aromatic heterocycles. The van der Waals surface area contributed by atoms with Crippen molar-refractivity contribution in [3.05, 3.63) is 59.7 Å². The summed E-state index contributed by atoms with van der Waals surface area (Å²) in [5.41, 5.74) is 4.30. The predicted octanol–water partition coefficient (Wildman–Crippen LogP) is 3.44. The number of nitrogens with zero attached hydrogens (tertiary/aromatic N) is 2. The van der Waals surface area contributed by atoms with E-state index < -0.39 is 0 Å². The Labute approximate surface area is 153 Å². The normalized spacial score (nSPS) is 16.7. The zero-order valence-electron chi connectivity index (χ0n) is 14.9. The summed E-state index contributed by atoms with van der Waals surface area (Å²) in [6.45, 7) is 0.773. The molecule has 0 spiro atoms. The summed E-state index contributed by atoms with van der Waals surface area (Å²) in [4.78, 5) is 28.0. The van der Waals surface area contributed by atoms with Gasteiger partial charge in [0.25, 0.3) is 0 Å². The summed E-state index contributed by atoms with van der Waals surface area (Å²) in [6, 6.07) is 16.0. The molecular weight excluding hydrogens is 326 g/mol. The minimum absolute atomic E-state index is 0.104. The molecule has 5 nitrogen and oxygen atoms in total. The molecule has 2 aliphatic rings. The molecule has 3 amide bonds. The fourth-order valence-corrected chi connectivity index (χ4v) is 3.83. The smallest absolute Gasteiger partial charge is 0.321 e. The Bertz CT molecular complexity index is 806. The van der Waals surface area contributed by atoms with Crippen LogP contribution in [-0.4, -0.2) is 36.5 Å². The van der Waals surface area contributed by atoms with Crippen molar-refractivity contribution in [3.63, 3.8) is 0 Å². The average Bonchev–Trinajstić information content (AvgIpc) is 3.27. The van der Waals surface area contributed by atoms with Crippen LogP contribution in [0.2, 0.25) is 0 Å². The first-order valence-corrected chi connectivity index (χ1v) is 9.13. The highest BCUT2D eigenvalue weighted by Crippen LogP contribution is 2.26. The zero-order chi connectivity index (χ0) is 18.1. The van der Waals surface area contributed by atoms with Crippen molar-refractivity contribution in [1.29, 1.82) is 0 Å². The van der Waals surface area contributed by atoms with Crippen molar-refractivity contribution < 1.29 is 9.59 Å². The van der Waals surface area contributed by atoms with Crippen LogP contribution in [0.4, 0.5) is 16.2 Å². The highest BCUT2D eigenvalue weighted by atomic mass is 16.2. The summed E-state index contributed by atoms with van der Waals surface area (Å²) < 4.78 is 0. The summed E-state index contributed by atoms with van der Waals surface area (Å²) in [5.74, 6) is 0.169. The largest absolute Gasteiger partial charge is 0.324 e. The number of fused-ring (bicyclic) bond motifs is 1. The second-order valence-electron chi connectivity index (χ2n) is 7.07. The monoisotopic (exact) mass is 349 g/mol. The van der Waals surface area contributed by atoms with Gasteiger partial charge in [-0.15, -0.1) is 0 Å². The topological polar surface area (TPSA) is 52.7 Å². The van der Waals surface area contributed by atoms with Gasteiger partial charge in [0.2, 0.25) is 5.91 Å². The number of hydrogen-bond donors (Lipinski definition) is 1. The molecule has 1 aliphatic heterocycles. The van der Waals surface area contributed by atoms with E-state index in [2.05, 4.69) is 17.4 Å². The Hall–Kier alpha value is -2.82. The number of hydrogen-bond acceptors (Lipinski definition) is 2. The van der Waals surface area contributed by atoms with Crippen molar-refractivity contribution >= 4 is 23.3 Å². The lowest BCUT2D eigenvalue weighted by Gasteiger charge is -2.25. The van der Waals surface area contributed by atoms with E-state index in [1.54, 1.807) is 9.80 Å². The van der Waals surface area contributed by atoms with Gasteiger partial charge in [0.05, 0.1) is 0 Å². The fraction of sp³-hybridized carbons (Fsp3) is 0.333. The third-order valence-electron chi connectivity index (χ3n) is 5.40. The molecule has 1 saturated heterocycles. The first-order valence-electron chi connectivity index (χ1n) is 9.13. The number of rotatable bonds is 3. The van der Waals surface area contributed by atoms with Gasteiger partial charge in [0.1, 0.15) is 0 Å². The lowest BCUT2D eigenvalue weighted by Crippen LogP contribution is -2.40. The lowest BCUT2D eigenvalue weighted by molar-refractivity contribution is -0.117. The van der Waals surface area contributed by atoms with E-state index in [9.17, 15) is 9.59 Å². The first kappa shape index (κ1) is 16.6. The van der Waals surface area contributed by atoms with Crippen LogP contribution in [0, 0.1) is 0 Å². The molecule has 1 heterocycles. The van der Waals surface area contributed by atoms with Crippen LogP contribution < -0.4 is 10.2 Å². The van der Waals surface area contributed by atoms with Gasteiger partial charge < -0.3 is 15.1 Å². The van der Waals surface area contributed by atoms with E-state index in [1.165, 1.54) is 11.1 Å². The lowest BCUT2D eigenvalue weighted by atomic mass is 10.1. The molecule has 0 radical (unpaired) electrons. The highest BCUT2D eigenvalue weighted by Gasteiger charge is 2.27. The van der Waals surface area contributed by atoms with E-state index in [-0.39, 0.29) is 18.0 Å². The van der Waals surface area contributed by atoms with Crippen LogP contribution in [0.1, 0.15) is 24.0 Å². The minimum atomic E-state index is -0.104. The number of anilines is 2. The number of nitrogens with one attached hydrogen (secondary N) is 1. The van der Waals surface area contributed by atoms with Crippen LogP contribution >= 0.6 is 0 Å². The van der Waals surface area contributed by atoms with Crippen molar-refractivity contribution in [2.24, 2.45) is 0 Å². The standard InChI is InChI=1S/C21H23N3O2/c1-23(19-13-15-5-2-3-6-16(15)14-19)21(26)22-17-8-10-18(11-9-17)24-12-4-7-20(24)25/h2-3,5-6,8-11,19H,4,7,12-14H2,1H3,(H,22,26). The van der Waals surface area contributed by atoms with Gasteiger partial charge in [-0.05, 0) is 54.7 Å². The molecule has 134 valence electrons. The second kappa shape index (κ2) is 6.83. The Morgan fingerprint density at radius 2 is 1.73 bits per heavy atom. The van der Waals surface area contributed by atoms with Gasteiger partial charge in [0.15, 0.2) is 0 Å². The summed E-state index contributed by atoms with van der Waals surface area (Å²) >= 11 is 0. The number of carbonyl (C=O) groups excluding carboxylic acids is 2.